The Bertz CT molecular complexity index is 936. The molecule has 1 amide bonds. The monoisotopic (exact) mass is 777 g/mol. The minimum atomic E-state index is -0.679. The lowest BCUT2D eigenvalue weighted by molar-refractivity contribution is -0.158. The number of hydrogen-bond acceptors (Lipinski definition) is 7. The lowest BCUT2D eigenvalue weighted by Gasteiger charge is -2.19. The van der Waals surface area contributed by atoms with Crippen LogP contribution in [0.3, 0.4) is 0 Å². The largest absolute Gasteiger partial charge is 0.462 e. The number of allylic oxidation sites excluding steroid dienone is 4. The van der Waals surface area contributed by atoms with Crippen LogP contribution in [0.4, 0.5) is 4.79 Å². The summed E-state index contributed by atoms with van der Waals surface area (Å²) in [5, 5.41) is 2.75. The summed E-state index contributed by atoms with van der Waals surface area (Å²) in [4.78, 5) is 40.2. The van der Waals surface area contributed by atoms with Gasteiger partial charge in [-0.05, 0) is 90.1 Å². The number of hydrogen-bond donors (Lipinski definition) is 1. The fourth-order valence-corrected chi connectivity index (χ4v) is 7.56. The van der Waals surface area contributed by atoms with Crippen LogP contribution in [0.5, 0.6) is 0 Å². The van der Waals surface area contributed by atoms with E-state index in [1.165, 1.54) is 140 Å². The molecule has 0 saturated carbocycles. The van der Waals surface area contributed by atoms with E-state index in [0.717, 1.165) is 76.8 Å². The van der Waals surface area contributed by atoms with Gasteiger partial charge in [-0.1, -0.05) is 153 Å². The summed E-state index contributed by atoms with van der Waals surface area (Å²) in [6.07, 6.45) is 43.3. The van der Waals surface area contributed by atoms with Gasteiger partial charge in [0.15, 0.2) is 6.10 Å². The molecule has 1 unspecified atom stereocenters. The predicted octanol–water partition coefficient (Wildman–Crippen LogP) is 13.1. The number of unbranched alkanes of at least 4 members (excludes halogenated alkanes) is 22. The Morgan fingerprint density at radius 2 is 1.02 bits per heavy atom. The van der Waals surface area contributed by atoms with Gasteiger partial charge in [-0.3, -0.25) is 14.4 Å². The number of esters is 2. The summed E-state index contributed by atoms with van der Waals surface area (Å²) >= 11 is 1.26. The number of amides is 1. The topological polar surface area (TPSA) is 84.9 Å². The summed E-state index contributed by atoms with van der Waals surface area (Å²) in [7, 11) is 0. The Hall–Kier alpha value is -1.80. The van der Waals surface area contributed by atoms with Crippen molar-refractivity contribution in [3.63, 3.8) is 0 Å². The van der Waals surface area contributed by atoms with Gasteiger partial charge in [-0.2, -0.15) is 0 Å². The van der Waals surface area contributed by atoms with Gasteiger partial charge in [0, 0.05) is 25.1 Å². The van der Waals surface area contributed by atoms with Gasteiger partial charge >= 0.3 is 11.9 Å². The molecule has 0 aromatic rings. The van der Waals surface area contributed by atoms with Crippen molar-refractivity contribution in [2.45, 2.75) is 213 Å². The molecule has 0 bridgehead atoms. The lowest BCUT2D eigenvalue weighted by atomic mass is 10.1. The molecule has 0 radical (unpaired) electrons. The van der Waals surface area contributed by atoms with E-state index in [1.807, 2.05) is 0 Å². The maximum Gasteiger partial charge on any atom is 0.306 e. The molecule has 0 aromatic heterocycles. The van der Waals surface area contributed by atoms with E-state index in [2.05, 4.69) is 48.4 Å². The third-order valence-electron chi connectivity index (χ3n) is 10.3. The molecule has 0 spiro atoms. The first-order valence-corrected chi connectivity index (χ1v) is 23.8. The van der Waals surface area contributed by atoms with E-state index in [4.69, 9.17) is 9.47 Å². The summed E-state index contributed by atoms with van der Waals surface area (Å²) in [6, 6.07) is 0. The average Bonchev–Trinajstić information content (AvgIpc) is 3.69. The summed E-state index contributed by atoms with van der Waals surface area (Å²) in [5.74, 6) is 0.176. The highest BCUT2D eigenvalue weighted by molar-refractivity contribution is 8.13. The molecule has 1 N–H and O–H groups in total. The zero-order valence-electron chi connectivity index (χ0n) is 35.2. The van der Waals surface area contributed by atoms with Gasteiger partial charge in [0.2, 0.25) is 0 Å². The number of nitrogens with one attached hydrogen (secondary N) is 1. The smallest absolute Gasteiger partial charge is 0.306 e. The fraction of sp³-hybridized carbons (Fsp3) is 0.848. The van der Waals surface area contributed by atoms with Crippen molar-refractivity contribution < 1.29 is 23.9 Å². The minimum Gasteiger partial charge on any atom is -0.462 e. The van der Waals surface area contributed by atoms with Crippen LogP contribution in [-0.2, 0) is 19.1 Å². The fourth-order valence-electron chi connectivity index (χ4n) is 6.84. The van der Waals surface area contributed by atoms with Gasteiger partial charge in [0.25, 0.3) is 5.24 Å². The Kier molecular flexibility index (Phi) is 36.7. The molecule has 0 aliphatic carbocycles. The molecule has 314 valence electrons. The van der Waals surface area contributed by atoms with E-state index < -0.39 is 6.10 Å². The van der Waals surface area contributed by atoms with Gasteiger partial charge in [0.05, 0.1) is 6.54 Å². The Labute approximate surface area is 337 Å². The summed E-state index contributed by atoms with van der Waals surface area (Å²) in [6.45, 7) is 7.77. The average molecular weight is 777 g/mol. The normalized spacial score (nSPS) is 14.0. The van der Waals surface area contributed by atoms with Gasteiger partial charge in [-0.25, -0.2) is 0 Å². The molecule has 1 atom stereocenters. The second-order valence-corrected chi connectivity index (χ2v) is 16.6. The molecular formula is C46H84N2O5S. The maximum absolute atomic E-state index is 12.7. The van der Waals surface area contributed by atoms with Crippen molar-refractivity contribution in [2.75, 3.05) is 38.5 Å². The van der Waals surface area contributed by atoms with E-state index >= 15 is 0 Å². The molecule has 0 aromatic carbocycles. The number of carbonyl (C=O) groups excluding carboxylic acids is 3. The van der Waals surface area contributed by atoms with Gasteiger partial charge in [-0.15, -0.1) is 0 Å². The number of nitrogens with zero attached hydrogens (tertiary/aromatic N) is 1. The summed E-state index contributed by atoms with van der Waals surface area (Å²) in [5.41, 5.74) is 0. The zero-order chi connectivity index (χ0) is 39.0. The third-order valence-corrected chi connectivity index (χ3v) is 11.1. The highest BCUT2D eigenvalue weighted by Crippen LogP contribution is 2.14. The van der Waals surface area contributed by atoms with E-state index in [9.17, 15) is 14.4 Å². The third kappa shape index (κ3) is 34.7. The van der Waals surface area contributed by atoms with Crippen LogP contribution in [0, 0.1) is 0 Å². The van der Waals surface area contributed by atoms with Crippen LogP contribution in [0.2, 0.25) is 0 Å². The number of carbonyl (C=O) groups is 3. The highest BCUT2D eigenvalue weighted by Gasteiger charge is 2.19. The first kappa shape index (κ1) is 50.2. The standard InChI is InChI=1S/C46H84N2O5S/c1-3-5-7-9-11-13-15-17-19-21-23-25-27-29-31-35-44(49)52-42-43(41-47-46(51)54-40-39-48-37-33-34-38-48)53-45(50)36-32-30-28-26-24-22-20-18-16-14-12-10-8-6-4-2/h17-20,43H,3-16,21-42H2,1-2H3,(H,47,51)/b19-17-,20-18-. The van der Waals surface area contributed by atoms with Crippen molar-refractivity contribution in [1.82, 2.24) is 10.2 Å². The summed E-state index contributed by atoms with van der Waals surface area (Å²) < 4.78 is 11.3. The number of likely N-dealkylation sites (tertiary alicyclic amines) is 1. The van der Waals surface area contributed by atoms with Gasteiger partial charge < -0.3 is 19.7 Å². The molecule has 1 aliphatic heterocycles. The number of rotatable bonds is 38. The number of thioether (sulfide) groups is 1. The van der Waals surface area contributed by atoms with Crippen molar-refractivity contribution in [1.29, 1.82) is 0 Å². The predicted molar refractivity (Wildman–Crippen MR) is 231 cm³/mol. The molecule has 1 aliphatic rings. The first-order valence-electron chi connectivity index (χ1n) is 22.8. The quantitative estimate of drug-likeness (QED) is 0.0380. The van der Waals surface area contributed by atoms with Crippen LogP contribution in [0.25, 0.3) is 0 Å². The van der Waals surface area contributed by atoms with Crippen molar-refractivity contribution >= 4 is 28.9 Å². The number of ether oxygens (including phenoxy) is 2. The van der Waals surface area contributed by atoms with Crippen molar-refractivity contribution in [3.8, 4) is 0 Å². The Balaban J connectivity index is 2.23. The van der Waals surface area contributed by atoms with Crippen LogP contribution in [-0.4, -0.2) is 66.7 Å². The Morgan fingerprint density at radius 1 is 0.593 bits per heavy atom. The van der Waals surface area contributed by atoms with Crippen molar-refractivity contribution in [2.24, 2.45) is 0 Å². The van der Waals surface area contributed by atoms with Crippen LogP contribution < -0.4 is 5.32 Å². The second kappa shape index (κ2) is 39.4. The molecule has 1 fully saturated rings. The van der Waals surface area contributed by atoms with Crippen LogP contribution >= 0.6 is 11.8 Å². The van der Waals surface area contributed by atoms with Crippen molar-refractivity contribution in [3.05, 3.63) is 24.3 Å². The van der Waals surface area contributed by atoms with E-state index in [1.54, 1.807) is 0 Å². The second-order valence-electron chi connectivity index (χ2n) is 15.5. The zero-order valence-corrected chi connectivity index (χ0v) is 36.1. The van der Waals surface area contributed by atoms with E-state index in [-0.39, 0.29) is 30.3 Å². The Morgan fingerprint density at radius 3 is 1.50 bits per heavy atom. The van der Waals surface area contributed by atoms with Gasteiger partial charge in [0.1, 0.15) is 6.61 Å². The lowest BCUT2D eigenvalue weighted by Crippen LogP contribution is -2.37. The molecular weight excluding hydrogens is 693 g/mol. The highest BCUT2D eigenvalue weighted by atomic mass is 32.2. The molecule has 54 heavy (non-hydrogen) atoms. The molecule has 7 nitrogen and oxygen atoms in total. The van der Waals surface area contributed by atoms with Crippen LogP contribution in [0.15, 0.2) is 24.3 Å². The van der Waals surface area contributed by atoms with Crippen LogP contribution in [0.1, 0.15) is 206 Å². The first-order chi connectivity index (χ1) is 26.5. The minimum absolute atomic E-state index is 0.0270. The van der Waals surface area contributed by atoms with E-state index in [0.29, 0.717) is 12.8 Å². The molecule has 1 heterocycles. The molecule has 8 heteroatoms. The SMILES string of the molecule is CCCCCCCC/C=C\CCCCCCCC(=O)OCC(CNC(=O)SCCN1CCCC1)OC(=O)CCCCCCC/C=C\CCCCCCCC. The maximum atomic E-state index is 12.7. The molecule has 1 rings (SSSR count). The molecule has 1 saturated heterocycles.